The number of halogens is 3. The molecule has 1 unspecified atom stereocenters. The maximum atomic E-state index is 12.8. The largest absolute Gasteiger partial charge is 0.396 e. The van der Waals surface area contributed by atoms with Crippen LogP contribution >= 0.6 is 10.9 Å². The van der Waals surface area contributed by atoms with Crippen LogP contribution in [0.5, 0.6) is 0 Å². The molecule has 108 valence electrons. The summed E-state index contributed by atoms with van der Waals surface area (Å²) in [7, 11) is -0.891. The molecule has 0 aliphatic carbocycles. The van der Waals surface area contributed by atoms with E-state index in [0.29, 0.717) is 18.1 Å². The lowest BCUT2D eigenvalue weighted by Crippen LogP contribution is -2.03. The number of hydrogen-bond donors (Lipinski definition) is 1. The quantitative estimate of drug-likeness (QED) is 0.446. The fourth-order valence-corrected chi connectivity index (χ4v) is 3.77. The van der Waals surface area contributed by atoms with Gasteiger partial charge in [0.1, 0.15) is 6.61 Å². The highest BCUT2D eigenvalue weighted by molar-refractivity contribution is 8.32. The highest BCUT2D eigenvalue weighted by Gasteiger charge is 2.20. The van der Waals surface area contributed by atoms with Gasteiger partial charge in [-0.3, -0.25) is 4.99 Å². The number of allylic oxidation sites excluding steroid dienone is 3. The Morgan fingerprint density at radius 3 is 2.68 bits per heavy atom. The highest BCUT2D eigenvalue weighted by Crippen LogP contribution is 2.42. The lowest BCUT2D eigenvalue weighted by Gasteiger charge is -2.16. The van der Waals surface area contributed by atoms with Crippen LogP contribution in [0.3, 0.4) is 0 Å². The van der Waals surface area contributed by atoms with Gasteiger partial charge in [0.15, 0.2) is 5.83 Å². The van der Waals surface area contributed by atoms with E-state index in [1.165, 1.54) is 0 Å². The summed E-state index contributed by atoms with van der Waals surface area (Å²) in [6, 6.07) is 0. The minimum atomic E-state index is -2.24. The lowest BCUT2D eigenvalue weighted by molar-refractivity contribution is 0.159. The Balaban J connectivity index is 2.75. The van der Waals surface area contributed by atoms with Crippen molar-refractivity contribution in [2.24, 2.45) is 10.1 Å². The normalized spacial score (nSPS) is 20.9. The molecule has 0 spiro atoms. The third-order valence-corrected chi connectivity index (χ3v) is 4.79. The van der Waals surface area contributed by atoms with Crippen molar-refractivity contribution in [1.82, 2.24) is 0 Å². The minimum absolute atomic E-state index is 0.279. The number of oxime groups is 1. The van der Waals surface area contributed by atoms with Gasteiger partial charge >= 0.3 is 6.08 Å². The second-order valence-corrected chi connectivity index (χ2v) is 5.95. The molecule has 1 aliphatic heterocycles. The first kappa shape index (κ1) is 15.8. The summed E-state index contributed by atoms with van der Waals surface area (Å²) in [5.74, 6) is -1.05. The lowest BCUT2D eigenvalue weighted by atomic mass is 10.3. The molecule has 3 nitrogen and oxygen atoms in total. The van der Waals surface area contributed by atoms with Gasteiger partial charge in [-0.05, 0) is 26.5 Å². The zero-order valence-electron chi connectivity index (χ0n) is 11.1. The monoisotopic (exact) mass is 294 g/mol. The van der Waals surface area contributed by atoms with Gasteiger partial charge in [-0.1, -0.05) is 5.16 Å². The van der Waals surface area contributed by atoms with Gasteiger partial charge in [-0.15, -0.1) is 0 Å². The number of nitrogens with zero attached hydrogens (tertiary/aromatic N) is 2. The molecule has 0 saturated heterocycles. The number of thiol groups is 1. The molecule has 0 aromatic rings. The first-order chi connectivity index (χ1) is 8.97. The Morgan fingerprint density at radius 2 is 2.11 bits per heavy atom. The Morgan fingerprint density at radius 1 is 1.42 bits per heavy atom. The third kappa shape index (κ3) is 4.41. The van der Waals surface area contributed by atoms with Crippen molar-refractivity contribution in [3.8, 4) is 0 Å². The van der Waals surface area contributed by atoms with Gasteiger partial charge in [-0.25, -0.2) is 4.39 Å². The van der Waals surface area contributed by atoms with Crippen LogP contribution in [0, 0.1) is 0 Å². The van der Waals surface area contributed by atoms with Gasteiger partial charge in [0.05, 0.1) is 11.4 Å². The predicted octanol–water partition coefficient (Wildman–Crippen LogP) is 4.14. The van der Waals surface area contributed by atoms with Crippen LogP contribution in [0.15, 0.2) is 32.7 Å². The summed E-state index contributed by atoms with van der Waals surface area (Å²) in [5, 5.41) is 3.93. The van der Waals surface area contributed by atoms with Crippen LogP contribution < -0.4 is 0 Å². The third-order valence-electron chi connectivity index (χ3n) is 2.47. The van der Waals surface area contributed by atoms with Crippen LogP contribution in [0.2, 0.25) is 0 Å². The first-order valence-electron chi connectivity index (χ1n) is 5.85. The second-order valence-electron chi connectivity index (χ2n) is 3.88. The maximum Gasteiger partial charge on any atom is 0.301 e. The van der Waals surface area contributed by atoms with E-state index in [0.717, 1.165) is 10.6 Å². The van der Waals surface area contributed by atoms with Crippen molar-refractivity contribution in [3.05, 3.63) is 22.5 Å². The molecule has 1 heterocycles. The highest BCUT2D eigenvalue weighted by atomic mass is 32.2. The molecule has 0 bridgehead atoms. The summed E-state index contributed by atoms with van der Waals surface area (Å²) < 4.78 is 36.9. The summed E-state index contributed by atoms with van der Waals surface area (Å²) in [6.07, 6.45) is -2.52. The predicted molar refractivity (Wildman–Crippen MR) is 74.7 cm³/mol. The standard InChI is InChI=1S/C12H17F3N2OS/c1-4-18-17-9(3)11-8(2)16-7-19(11)6-5-10(13)12(14)15/h7,19H,4-6H2,1-3H3/b17-9+. The van der Waals surface area contributed by atoms with E-state index in [-0.39, 0.29) is 6.42 Å². The minimum Gasteiger partial charge on any atom is -0.396 e. The molecule has 0 aromatic heterocycles. The van der Waals surface area contributed by atoms with Crippen LogP contribution in [-0.4, -0.2) is 23.6 Å². The summed E-state index contributed by atoms with van der Waals surface area (Å²) in [4.78, 5) is 10.0. The summed E-state index contributed by atoms with van der Waals surface area (Å²) in [6.45, 7) is 5.87. The van der Waals surface area contributed by atoms with E-state index in [4.69, 9.17) is 4.84 Å². The van der Waals surface area contributed by atoms with Crippen LogP contribution in [-0.2, 0) is 4.84 Å². The average Bonchev–Trinajstić information content (AvgIpc) is 2.74. The van der Waals surface area contributed by atoms with Crippen molar-refractivity contribution in [3.63, 3.8) is 0 Å². The van der Waals surface area contributed by atoms with Crippen molar-refractivity contribution >= 4 is 22.2 Å². The maximum absolute atomic E-state index is 12.8. The van der Waals surface area contributed by atoms with Crippen LogP contribution in [0.4, 0.5) is 13.2 Å². The molecule has 1 aliphatic rings. The van der Waals surface area contributed by atoms with Crippen LogP contribution in [0.25, 0.3) is 0 Å². The zero-order chi connectivity index (χ0) is 14.4. The van der Waals surface area contributed by atoms with Gasteiger partial charge in [0.25, 0.3) is 0 Å². The fraction of sp³-hybridized carbons (Fsp3) is 0.500. The molecule has 19 heavy (non-hydrogen) atoms. The topological polar surface area (TPSA) is 34.0 Å². The molecule has 1 rings (SSSR count). The van der Waals surface area contributed by atoms with E-state index < -0.39 is 22.8 Å². The molecular weight excluding hydrogens is 277 g/mol. The molecule has 0 amide bonds. The van der Waals surface area contributed by atoms with Gasteiger partial charge in [0, 0.05) is 16.9 Å². The van der Waals surface area contributed by atoms with E-state index in [2.05, 4.69) is 10.1 Å². The van der Waals surface area contributed by atoms with Crippen molar-refractivity contribution in [1.29, 1.82) is 0 Å². The molecule has 7 heteroatoms. The molecule has 0 radical (unpaired) electrons. The summed E-state index contributed by atoms with van der Waals surface area (Å²) in [5.41, 5.74) is 3.17. The Hall–Kier alpha value is -1.24. The van der Waals surface area contributed by atoms with E-state index in [9.17, 15) is 13.2 Å². The Labute approximate surface area is 113 Å². The SMILES string of the molecule is CCO/N=C(\C)C1=C(C)N=C[SH]1CCC(F)=C(F)F. The zero-order valence-corrected chi connectivity index (χ0v) is 12.0. The molecule has 0 saturated carbocycles. The number of aliphatic imine (C=N–C) groups is 1. The van der Waals surface area contributed by atoms with Crippen molar-refractivity contribution in [2.45, 2.75) is 27.2 Å². The fourth-order valence-electron chi connectivity index (χ4n) is 1.64. The first-order valence-corrected chi connectivity index (χ1v) is 7.45. The smallest absolute Gasteiger partial charge is 0.301 e. The number of rotatable bonds is 6. The van der Waals surface area contributed by atoms with Crippen molar-refractivity contribution < 1.29 is 18.0 Å². The molecule has 0 aromatic carbocycles. The molecular formula is C12H17F3N2OS. The average molecular weight is 294 g/mol. The van der Waals surface area contributed by atoms with E-state index >= 15 is 0 Å². The number of hydrogen-bond acceptors (Lipinski definition) is 3. The van der Waals surface area contributed by atoms with Gasteiger partial charge in [0.2, 0.25) is 0 Å². The Kier molecular flexibility index (Phi) is 6.14. The summed E-state index contributed by atoms with van der Waals surface area (Å²) >= 11 is 0. The van der Waals surface area contributed by atoms with Crippen LogP contribution in [0.1, 0.15) is 27.2 Å². The van der Waals surface area contributed by atoms with Crippen molar-refractivity contribution in [2.75, 3.05) is 12.4 Å². The van der Waals surface area contributed by atoms with E-state index in [1.807, 2.05) is 13.8 Å². The van der Waals surface area contributed by atoms with E-state index in [1.54, 1.807) is 12.5 Å². The van der Waals surface area contributed by atoms with Gasteiger partial charge in [-0.2, -0.15) is 19.7 Å². The second kappa shape index (κ2) is 7.37. The Bertz CT molecular complexity index is 454. The molecule has 0 N–H and O–H groups in total. The molecule has 1 atom stereocenters. The van der Waals surface area contributed by atoms with Gasteiger partial charge < -0.3 is 4.84 Å². The molecule has 0 fully saturated rings.